The first kappa shape index (κ1) is 14.9. The molecule has 2 atom stereocenters. The second-order valence-corrected chi connectivity index (χ2v) is 6.73. The number of thioether (sulfide) groups is 1. The van der Waals surface area contributed by atoms with Crippen LogP contribution < -0.4 is 5.32 Å². The topological polar surface area (TPSA) is 21.3 Å². The van der Waals surface area contributed by atoms with Gasteiger partial charge in [0.2, 0.25) is 0 Å². The molecule has 106 valence electrons. The Bertz CT molecular complexity index is 394. The SMILES string of the molecule is CC(C)NCc1cccc(SCC2CCC(C)O2)c1. The Labute approximate surface area is 121 Å². The summed E-state index contributed by atoms with van der Waals surface area (Å²) in [7, 11) is 0. The van der Waals surface area contributed by atoms with E-state index < -0.39 is 0 Å². The Kier molecular flexibility index (Phi) is 5.74. The fourth-order valence-corrected chi connectivity index (χ4v) is 3.30. The van der Waals surface area contributed by atoms with Crippen molar-refractivity contribution in [3.63, 3.8) is 0 Å². The van der Waals surface area contributed by atoms with Gasteiger partial charge in [-0.1, -0.05) is 26.0 Å². The minimum absolute atomic E-state index is 0.442. The van der Waals surface area contributed by atoms with Gasteiger partial charge in [0.05, 0.1) is 12.2 Å². The fraction of sp³-hybridized carbons (Fsp3) is 0.625. The standard InChI is InChI=1S/C16H25NOS/c1-12(2)17-10-14-5-4-6-16(9-14)19-11-15-8-7-13(3)18-15/h4-6,9,12-13,15,17H,7-8,10-11H2,1-3H3. The monoisotopic (exact) mass is 279 g/mol. The molecule has 0 aliphatic carbocycles. The molecule has 1 aliphatic heterocycles. The highest BCUT2D eigenvalue weighted by Gasteiger charge is 2.21. The van der Waals surface area contributed by atoms with Gasteiger partial charge in [0, 0.05) is 23.2 Å². The normalized spacial score (nSPS) is 23.2. The molecule has 1 heterocycles. The third-order valence-corrected chi connectivity index (χ3v) is 4.49. The predicted molar refractivity (Wildman–Crippen MR) is 82.7 cm³/mol. The van der Waals surface area contributed by atoms with E-state index >= 15 is 0 Å². The Morgan fingerprint density at radius 1 is 1.37 bits per heavy atom. The molecule has 1 fully saturated rings. The molecule has 1 aromatic rings. The Morgan fingerprint density at radius 3 is 2.89 bits per heavy atom. The van der Waals surface area contributed by atoms with Crippen molar-refractivity contribution in [1.29, 1.82) is 0 Å². The summed E-state index contributed by atoms with van der Waals surface area (Å²) < 4.78 is 5.86. The smallest absolute Gasteiger partial charge is 0.0673 e. The van der Waals surface area contributed by atoms with Crippen molar-refractivity contribution in [3.05, 3.63) is 29.8 Å². The summed E-state index contributed by atoms with van der Waals surface area (Å²) in [4.78, 5) is 1.35. The predicted octanol–water partition coefficient (Wildman–Crippen LogP) is 3.84. The molecule has 1 saturated heterocycles. The molecular weight excluding hydrogens is 254 g/mol. The molecule has 19 heavy (non-hydrogen) atoms. The van der Waals surface area contributed by atoms with Crippen molar-refractivity contribution in [2.45, 2.75) is 63.3 Å². The lowest BCUT2D eigenvalue weighted by molar-refractivity contribution is 0.0700. The average Bonchev–Trinajstić information content (AvgIpc) is 2.80. The largest absolute Gasteiger partial charge is 0.374 e. The Morgan fingerprint density at radius 2 is 2.21 bits per heavy atom. The van der Waals surface area contributed by atoms with Gasteiger partial charge in [0.1, 0.15) is 0 Å². The summed E-state index contributed by atoms with van der Waals surface area (Å²) in [5.74, 6) is 1.07. The van der Waals surface area contributed by atoms with E-state index in [1.807, 2.05) is 11.8 Å². The maximum atomic E-state index is 5.86. The molecule has 0 bridgehead atoms. The zero-order chi connectivity index (χ0) is 13.7. The molecule has 1 aliphatic rings. The van der Waals surface area contributed by atoms with E-state index in [0.717, 1.165) is 12.3 Å². The lowest BCUT2D eigenvalue weighted by Crippen LogP contribution is -2.21. The summed E-state index contributed by atoms with van der Waals surface area (Å²) in [5.41, 5.74) is 1.36. The van der Waals surface area contributed by atoms with Crippen molar-refractivity contribution in [2.75, 3.05) is 5.75 Å². The second-order valence-electron chi connectivity index (χ2n) is 5.64. The van der Waals surface area contributed by atoms with Crippen molar-refractivity contribution in [1.82, 2.24) is 5.32 Å². The third kappa shape index (κ3) is 5.17. The Balaban J connectivity index is 1.81. The van der Waals surface area contributed by atoms with Crippen LogP contribution in [0.25, 0.3) is 0 Å². The van der Waals surface area contributed by atoms with Gasteiger partial charge in [-0.25, -0.2) is 0 Å². The van der Waals surface area contributed by atoms with Crippen molar-refractivity contribution >= 4 is 11.8 Å². The van der Waals surface area contributed by atoms with Crippen LogP contribution in [0.3, 0.4) is 0 Å². The Hall–Kier alpha value is -0.510. The van der Waals surface area contributed by atoms with Gasteiger partial charge in [-0.3, -0.25) is 0 Å². The average molecular weight is 279 g/mol. The maximum Gasteiger partial charge on any atom is 0.0673 e. The molecule has 2 rings (SSSR count). The third-order valence-electron chi connectivity index (χ3n) is 3.37. The van der Waals surface area contributed by atoms with Gasteiger partial charge in [-0.05, 0) is 37.5 Å². The first-order valence-electron chi connectivity index (χ1n) is 7.24. The van der Waals surface area contributed by atoms with Crippen LogP contribution in [-0.4, -0.2) is 24.0 Å². The first-order valence-corrected chi connectivity index (χ1v) is 8.22. The lowest BCUT2D eigenvalue weighted by atomic mass is 10.2. The molecule has 1 aromatic carbocycles. The molecule has 0 amide bonds. The lowest BCUT2D eigenvalue weighted by Gasteiger charge is -2.12. The molecule has 0 aromatic heterocycles. The number of rotatable bonds is 6. The van der Waals surface area contributed by atoms with Crippen LogP contribution in [0.15, 0.2) is 29.2 Å². The molecule has 0 radical (unpaired) electrons. The summed E-state index contributed by atoms with van der Waals surface area (Å²) >= 11 is 1.92. The van der Waals surface area contributed by atoms with E-state index in [4.69, 9.17) is 4.74 Å². The zero-order valence-electron chi connectivity index (χ0n) is 12.2. The quantitative estimate of drug-likeness (QED) is 0.799. The molecule has 0 saturated carbocycles. The van der Waals surface area contributed by atoms with Crippen molar-refractivity contribution < 1.29 is 4.74 Å². The fourth-order valence-electron chi connectivity index (χ4n) is 2.26. The maximum absolute atomic E-state index is 5.86. The van der Waals surface area contributed by atoms with Gasteiger partial charge in [-0.2, -0.15) is 0 Å². The number of hydrogen-bond acceptors (Lipinski definition) is 3. The number of hydrogen-bond donors (Lipinski definition) is 1. The molecule has 2 nitrogen and oxygen atoms in total. The second kappa shape index (κ2) is 7.32. The highest BCUT2D eigenvalue weighted by molar-refractivity contribution is 7.99. The summed E-state index contributed by atoms with van der Waals surface area (Å²) in [6, 6.07) is 9.36. The van der Waals surface area contributed by atoms with Gasteiger partial charge in [0.15, 0.2) is 0 Å². The molecule has 2 unspecified atom stereocenters. The van der Waals surface area contributed by atoms with E-state index in [1.54, 1.807) is 0 Å². The van der Waals surface area contributed by atoms with E-state index in [-0.39, 0.29) is 0 Å². The number of ether oxygens (including phenoxy) is 1. The molecule has 3 heteroatoms. The number of nitrogens with one attached hydrogen (secondary N) is 1. The van der Waals surface area contributed by atoms with E-state index in [2.05, 4.69) is 50.4 Å². The van der Waals surface area contributed by atoms with E-state index in [0.29, 0.717) is 18.2 Å². The minimum atomic E-state index is 0.442. The van der Waals surface area contributed by atoms with Crippen molar-refractivity contribution in [3.8, 4) is 0 Å². The highest BCUT2D eigenvalue weighted by Crippen LogP contribution is 2.26. The van der Waals surface area contributed by atoms with Crippen LogP contribution in [0, 0.1) is 0 Å². The van der Waals surface area contributed by atoms with Crippen LogP contribution in [0.2, 0.25) is 0 Å². The minimum Gasteiger partial charge on any atom is -0.374 e. The molecule has 0 spiro atoms. The summed E-state index contributed by atoms with van der Waals surface area (Å²) in [6.07, 6.45) is 3.32. The summed E-state index contributed by atoms with van der Waals surface area (Å²) in [6.45, 7) is 7.47. The van der Waals surface area contributed by atoms with Crippen LogP contribution in [0.4, 0.5) is 0 Å². The van der Waals surface area contributed by atoms with Gasteiger partial charge in [0.25, 0.3) is 0 Å². The van der Waals surface area contributed by atoms with Crippen LogP contribution >= 0.6 is 11.8 Å². The van der Waals surface area contributed by atoms with Crippen LogP contribution in [-0.2, 0) is 11.3 Å². The molecular formula is C16H25NOS. The van der Waals surface area contributed by atoms with Gasteiger partial charge >= 0.3 is 0 Å². The zero-order valence-corrected chi connectivity index (χ0v) is 13.0. The van der Waals surface area contributed by atoms with E-state index in [9.17, 15) is 0 Å². The van der Waals surface area contributed by atoms with Crippen molar-refractivity contribution in [2.24, 2.45) is 0 Å². The van der Waals surface area contributed by atoms with Crippen LogP contribution in [0.5, 0.6) is 0 Å². The summed E-state index contributed by atoms with van der Waals surface area (Å²) in [5, 5.41) is 3.46. The van der Waals surface area contributed by atoms with Crippen LogP contribution in [0.1, 0.15) is 39.2 Å². The highest BCUT2D eigenvalue weighted by atomic mass is 32.2. The van der Waals surface area contributed by atoms with E-state index in [1.165, 1.54) is 23.3 Å². The number of benzene rings is 1. The van der Waals surface area contributed by atoms with Gasteiger partial charge < -0.3 is 10.1 Å². The van der Waals surface area contributed by atoms with Gasteiger partial charge in [-0.15, -0.1) is 11.8 Å². The molecule has 1 N–H and O–H groups in total. The first-order chi connectivity index (χ1) is 9.13.